The number of aryl methyl sites for hydroxylation is 1. The van der Waals surface area contributed by atoms with Crippen molar-refractivity contribution in [2.24, 2.45) is 0 Å². The van der Waals surface area contributed by atoms with Crippen LogP contribution in [0.25, 0.3) is 0 Å². The molecule has 0 saturated heterocycles. The van der Waals surface area contributed by atoms with Crippen LogP contribution in [0.15, 0.2) is 27.4 Å². The number of nitrogens with one attached hydrogen (secondary N) is 1. The van der Waals surface area contributed by atoms with Crippen LogP contribution in [0.5, 0.6) is 0 Å². The minimum absolute atomic E-state index is 0.336. The number of oxazole rings is 1. The zero-order chi connectivity index (χ0) is 11.4. The summed E-state index contributed by atoms with van der Waals surface area (Å²) < 4.78 is 5.53. The third kappa shape index (κ3) is 2.71. The Morgan fingerprint density at radius 1 is 1.56 bits per heavy atom. The van der Waals surface area contributed by atoms with Gasteiger partial charge in [-0.05, 0) is 29.3 Å². The van der Waals surface area contributed by atoms with Crippen molar-refractivity contribution in [2.75, 3.05) is 0 Å². The molecule has 1 atom stereocenters. The standard InChI is InChI=1S/C12H16N2OS/c1-3-11-6-14-12(15-11)7-13-9(2)10-4-5-16-8-10/h4-6,8-9,13H,3,7H2,1-2H3. The molecule has 86 valence electrons. The van der Waals surface area contributed by atoms with E-state index < -0.39 is 0 Å². The Bertz CT molecular complexity index is 422. The molecule has 0 bridgehead atoms. The first kappa shape index (κ1) is 11.4. The molecule has 0 aliphatic carbocycles. The van der Waals surface area contributed by atoms with Crippen LogP contribution in [0, 0.1) is 0 Å². The van der Waals surface area contributed by atoms with Gasteiger partial charge in [-0.2, -0.15) is 11.3 Å². The van der Waals surface area contributed by atoms with Crippen molar-refractivity contribution in [3.05, 3.63) is 40.2 Å². The summed E-state index contributed by atoms with van der Waals surface area (Å²) >= 11 is 1.72. The quantitative estimate of drug-likeness (QED) is 0.866. The van der Waals surface area contributed by atoms with Gasteiger partial charge < -0.3 is 9.73 Å². The lowest BCUT2D eigenvalue weighted by Gasteiger charge is -2.10. The first-order valence-corrected chi connectivity index (χ1v) is 6.43. The summed E-state index contributed by atoms with van der Waals surface area (Å²) in [6.07, 6.45) is 2.69. The first-order chi connectivity index (χ1) is 7.79. The van der Waals surface area contributed by atoms with Crippen LogP contribution in [0.2, 0.25) is 0 Å². The molecule has 0 fully saturated rings. The van der Waals surface area contributed by atoms with Crippen LogP contribution < -0.4 is 5.32 Å². The predicted molar refractivity (Wildman–Crippen MR) is 65.5 cm³/mol. The van der Waals surface area contributed by atoms with Gasteiger partial charge in [0.2, 0.25) is 5.89 Å². The molecule has 0 aromatic carbocycles. The SMILES string of the molecule is CCc1cnc(CNC(C)c2ccsc2)o1. The second kappa shape index (κ2) is 5.27. The van der Waals surface area contributed by atoms with Gasteiger partial charge in [-0.25, -0.2) is 4.98 Å². The highest BCUT2D eigenvalue weighted by Crippen LogP contribution is 2.16. The van der Waals surface area contributed by atoms with Gasteiger partial charge in [0, 0.05) is 12.5 Å². The molecule has 0 amide bonds. The highest BCUT2D eigenvalue weighted by Gasteiger charge is 2.07. The maximum Gasteiger partial charge on any atom is 0.208 e. The second-order valence-electron chi connectivity index (χ2n) is 3.73. The first-order valence-electron chi connectivity index (χ1n) is 5.48. The van der Waals surface area contributed by atoms with Crippen molar-refractivity contribution < 1.29 is 4.42 Å². The van der Waals surface area contributed by atoms with E-state index in [1.807, 2.05) is 0 Å². The largest absolute Gasteiger partial charge is 0.444 e. The third-order valence-electron chi connectivity index (χ3n) is 2.55. The fourth-order valence-corrected chi connectivity index (χ4v) is 2.23. The minimum atomic E-state index is 0.336. The zero-order valence-corrected chi connectivity index (χ0v) is 10.4. The van der Waals surface area contributed by atoms with Crippen LogP contribution in [-0.2, 0) is 13.0 Å². The van der Waals surface area contributed by atoms with E-state index in [1.165, 1.54) is 5.56 Å². The summed E-state index contributed by atoms with van der Waals surface area (Å²) in [4.78, 5) is 4.21. The van der Waals surface area contributed by atoms with Gasteiger partial charge in [-0.15, -0.1) is 0 Å². The number of hydrogen-bond donors (Lipinski definition) is 1. The van der Waals surface area contributed by atoms with E-state index in [9.17, 15) is 0 Å². The van der Waals surface area contributed by atoms with Gasteiger partial charge in [-0.1, -0.05) is 6.92 Å². The molecule has 0 spiro atoms. The molecule has 4 heteroatoms. The molecule has 3 nitrogen and oxygen atoms in total. The van der Waals surface area contributed by atoms with Crippen LogP contribution in [0.1, 0.15) is 37.1 Å². The highest BCUT2D eigenvalue weighted by molar-refractivity contribution is 7.07. The van der Waals surface area contributed by atoms with Crippen molar-refractivity contribution in [2.45, 2.75) is 32.9 Å². The van der Waals surface area contributed by atoms with E-state index in [-0.39, 0.29) is 0 Å². The number of hydrogen-bond acceptors (Lipinski definition) is 4. The van der Waals surface area contributed by atoms with Gasteiger partial charge >= 0.3 is 0 Å². The van der Waals surface area contributed by atoms with Crippen molar-refractivity contribution in [3.8, 4) is 0 Å². The Labute approximate surface area is 99.5 Å². The molecule has 2 heterocycles. The molecule has 2 aromatic rings. The molecule has 2 aromatic heterocycles. The monoisotopic (exact) mass is 236 g/mol. The number of thiophene rings is 1. The smallest absolute Gasteiger partial charge is 0.208 e. The molecule has 0 saturated carbocycles. The minimum Gasteiger partial charge on any atom is -0.444 e. The van der Waals surface area contributed by atoms with Gasteiger partial charge in [0.1, 0.15) is 5.76 Å². The highest BCUT2D eigenvalue weighted by atomic mass is 32.1. The van der Waals surface area contributed by atoms with Crippen LogP contribution in [-0.4, -0.2) is 4.98 Å². The van der Waals surface area contributed by atoms with Gasteiger partial charge in [-0.3, -0.25) is 0 Å². The topological polar surface area (TPSA) is 38.1 Å². The number of rotatable bonds is 5. The van der Waals surface area contributed by atoms with Gasteiger partial charge in [0.25, 0.3) is 0 Å². The Morgan fingerprint density at radius 3 is 3.06 bits per heavy atom. The number of aromatic nitrogens is 1. The van der Waals surface area contributed by atoms with Crippen LogP contribution in [0.4, 0.5) is 0 Å². The summed E-state index contributed by atoms with van der Waals surface area (Å²) in [5.74, 6) is 1.71. The van der Waals surface area contributed by atoms with E-state index in [0.29, 0.717) is 12.6 Å². The molecular weight excluding hydrogens is 220 g/mol. The Morgan fingerprint density at radius 2 is 2.44 bits per heavy atom. The zero-order valence-electron chi connectivity index (χ0n) is 9.56. The Balaban J connectivity index is 1.87. The Hall–Kier alpha value is -1.13. The summed E-state index contributed by atoms with van der Waals surface area (Å²) in [5.41, 5.74) is 1.31. The molecule has 2 rings (SSSR count). The van der Waals surface area contributed by atoms with Gasteiger partial charge in [0.05, 0.1) is 12.7 Å². The van der Waals surface area contributed by atoms with E-state index in [0.717, 1.165) is 18.1 Å². The maximum absolute atomic E-state index is 5.53. The average Bonchev–Trinajstić information content (AvgIpc) is 2.96. The van der Waals surface area contributed by atoms with E-state index in [2.05, 4.69) is 41.0 Å². The predicted octanol–water partition coefficient (Wildman–Crippen LogP) is 3.15. The van der Waals surface area contributed by atoms with E-state index >= 15 is 0 Å². The van der Waals surface area contributed by atoms with Gasteiger partial charge in [0.15, 0.2) is 0 Å². The molecule has 0 aliphatic rings. The molecule has 0 radical (unpaired) electrons. The summed E-state index contributed by atoms with van der Waals surface area (Å²) in [6, 6.07) is 2.47. The second-order valence-corrected chi connectivity index (χ2v) is 4.51. The lowest BCUT2D eigenvalue weighted by molar-refractivity contribution is 0.424. The lowest BCUT2D eigenvalue weighted by atomic mass is 10.2. The van der Waals surface area contributed by atoms with Crippen LogP contribution >= 0.6 is 11.3 Å². The summed E-state index contributed by atoms with van der Waals surface area (Å²) in [6.45, 7) is 4.88. The van der Waals surface area contributed by atoms with E-state index in [4.69, 9.17) is 4.42 Å². The van der Waals surface area contributed by atoms with Crippen LogP contribution in [0.3, 0.4) is 0 Å². The van der Waals surface area contributed by atoms with Crippen molar-refractivity contribution in [1.82, 2.24) is 10.3 Å². The fraction of sp³-hybridized carbons (Fsp3) is 0.417. The van der Waals surface area contributed by atoms with Crippen molar-refractivity contribution in [1.29, 1.82) is 0 Å². The molecule has 0 aliphatic heterocycles. The number of nitrogens with zero attached hydrogens (tertiary/aromatic N) is 1. The maximum atomic E-state index is 5.53. The molecule has 16 heavy (non-hydrogen) atoms. The summed E-state index contributed by atoms with van der Waals surface area (Å²) in [7, 11) is 0. The Kier molecular flexibility index (Phi) is 3.74. The molecule has 1 N–H and O–H groups in total. The fourth-order valence-electron chi connectivity index (χ4n) is 1.47. The van der Waals surface area contributed by atoms with Crippen molar-refractivity contribution in [3.63, 3.8) is 0 Å². The van der Waals surface area contributed by atoms with Crippen molar-refractivity contribution >= 4 is 11.3 Å². The van der Waals surface area contributed by atoms with E-state index in [1.54, 1.807) is 17.5 Å². The normalized spacial score (nSPS) is 12.9. The lowest BCUT2D eigenvalue weighted by Crippen LogP contribution is -2.17. The third-order valence-corrected chi connectivity index (χ3v) is 3.25. The molecular formula is C12H16N2OS. The average molecular weight is 236 g/mol. The molecule has 1 unspecified atom stereocenters. The summed E-state index contributed by atoms with van der Waals surface area (Å²) in [5, 5.41) is 7.64.